The quantitative estimate of drug-likeness (QED) is 0.321. The topological polar surface area (TPSA) is 147 Å². The molecule has 16 heavy (non-hydrogen) atoms. The second-order valence-electron chi connectivity index (χ2n) is 3.28. The van der Waals surface area contributed by atoms with Crippen LogP contribution < -0.4 is 5.73 Å². The van der Waals surface area contributed by atoms with Gasteiger partial charge in [-0.25, -0.2) is 4.79 Å². The largest absolute Gasteiger partial charge is 0.481 e. The molecule has 0 saturated carbocycles. The van der Waals surface area contributed by atoms with Crippen LogP contribution in [0, 0.1) is 0 Å². The second-order valence-corrected chi connectivity index (χ2v) is 3.28. The summed E-state index contributed by atoms with van der Waals surface area (Å²) >= 11 is 0. The van der Waals surface area contributed by atoms with E-state index in [1.54, 1.807) is 0 Å². The van der Waals surface area contributed by atoms with E-state index in [4.69, 9.17) is 15.9 Å². The molecule has 0 aromatic rings. The van der Waals surface area contributed by atoms with Gasteiger partial charge in [-0.1, -0.05) is 0 Å². The van der Waals surface area contributed by atoms with Gasteiger partial charge in [0.25, 0.3) is 0 Å². The predicted molar refractivity (Wildman–Crippen MR) is 49.2 cm³/mol. The Morgan fingerprint density at radius 3 is 2.12 bits per heavy atom. The number of nitrogens with two attached hydrogens (primary N) is 1. The summed E-state index contributed by atoms with van der Waals surface area (Å²) < 4.78 is 4.40. The molecule has 0 amide bonds. The molecule has 0 bridgehead atoms. The second kappa shape index (κ2) is 5.42. The first-order chi connectivity index (χ1) is 7.17. The molecule has 0 fully saturated rings. The summed E-state index contributed by atoms with van der Waals surface area (Å²) in [5.41, 5.74) is 2.42. The Labute approximate surface area is 90.6 Å². The van der Waals surface area contributed by atoms with E-state index in [0.29, 0.717) is 0 Å². The van der Waals surface area contributed by atoms with Crippen molar-refractivity contribution in [2.24, 2.45) is 5.73 Å². The van der Waals surface area contributed by atoms with Gasteiger partial charge in [-0.05, 0) is 6.92 Å². The lowest BCUT2D eigenvalue weighted by molar-refractivity contribution is -0.173. The maximum Gasteiger partial charge on any atom is 0.336 e. The third-order valence-electron chi connectivity index (χ3n) is 1.60. The highest BCUT2D eigenvalue weighted by atomic mass is 16.6. The SMILES string of the molecule is CC(N)OC(=O)CC(O)(CC(=O)O)C(=O)O. The minimum atomic E-state index is -2.68. The molecule has 2 atom stereocenters. The van der Waals surface area contributed by atoms with E-state index in [2.05, 4.69) is 4.74 Å². The third-order valence-corrected chi connectivity index (χ3v) is 1.60. The zero-order chi connectivity index (χ0) is 12.9. The Hall–Kier alpha value is -1.67. The highest BCUT2D eigenvalue weighted by Gasteiger charge is 2.41. The first-order valence-corrected chi connectivity index (χ1v) is 4.30. The van der Waals surface area contributed by atoms with Gasteiger partial charge in [0.05, 0.1) is 12.8 Å². The number of hydrogen-bond donors (Lipinski definition) is 4. The number of hydrogen-bond acceptors (Lipinski definition) is 6. The van der Waals surface area contributed by atoms with Crippen molar-refractivity contribution in [3.8, 4) is 0 Å². The molecule has 0 aromatic carbocycles. The van der Waals surface area contributed by atoms with Gasteiger partial charge in [-0.3, -0.25) is 15.3 Å². The van der Waals surface area contributed by atoms with Crippen molar-refractivity contribution in [2.75, 3.05) is 0 Å². The first-order valence-electron chi connectivity index (χ1n) is 4.30. The van der Waals surface area contributed by atoms with Crippen molar-refractivity contribution in [3.63, 3.8) is 0 Å². The molecule has 0 spiro atoms. The Morgan fingerprint density at radius 1 is 1.31 bits per heavy atom. The van der Waals surface area contributed by atoms with Crippen molar-refractivity contribution in [1.29, 1.82) is 0 Å². The van der Waals surface area contributed by atoms with E-state index in [0.717, 1.165) is 0 Å². The normalized spacial score (nSPS) is 15.9. The molecule has 0 aromatic heterocycles. The van der Waals surface area contributed by atoms with Gasteiger partial charge in [-0.15, -0.1) is 0 Å². The minimum absolute atomic E-state index is 0.963. The van der Waals surface area contributed by atoms with Gasteiger partial charge in [0.15, 0.2) is 5.60 Å². The van der Waals surface area contributed by atoms with Crippen LogP contribution in [-0.2, 0) is 19.1 Å². The van der Waals surface area contributed by atoms with E-state index in [1.165, 1.54) is 6.92 Å². The molecule has 2 unspecified atom stereocenters. The van der Waals surface area contributed by atoms with Crippen molar-refractivity contribution in [2.45, 2.75) is 31.6 Å². The van der Waals surface area contributed by atoms with Crippen LogP contribution >= 0.6 is 0 Å². The highest BCUT2D eigenvalue weighted by molar-refractivity contribution is 5.88. The molecule has 0 rings (SSSR count). The van der Waals surface area contributed by atoms with Crippen molar-refractivity contribution < 1.29 is 34.4 Å². The molecular formula is C8H13NO7. The average molecular weight is 235 g/mol. The Kier molecular flexibility index (Phi) is 4.86. The van der Waals surface area contributed by atoms with Crippen LogP contribution in [0.3, 0.4) is 0 Å². The summed E-state index contributed by atoms with van der Waals surface area (Å²) in [5.74, 6) is -4.43. The highest BCUT2D eigenvalue weighted by Crippen LogP contribution is 2.17. The number of carbonyl (C=O) groups excluding carboxylic acids is 1. The molecular weight excluding hydrogens is 222 g/mol. The Morgan fingerprint density at radius 2 is 1.81 bits per heavy atom. The summed E-state index contributed by atoms with van der Waals surface area (Å²) in [7, 11) is 0. The lowest BCUT2D eigenvalue weighted by atomic mass is 9.96. The van der Waals surface area contributed by atoms with E-state index >= 15 is 0 Å². The fourth-order valence-corrected chi connectivity index (χ4v) is 0.952. The molecule has 5 N–H and O–H groups in total. The molecule has 0 aliphatic rings. The van der Waals surface area contributed by atoms with Crippen LogP contribution in [0.25, 0.3) is 0 Å². The maximum atomic E-state index is 11.0. The third kappa shape index (κ3) is 4.71. The fourth-order valence-electron chi connectivity index (χ4n) is 0.952. The van der Waals surface area contributed by atoms with Gasteiger partial charge in [0.2, 0.25) is 0 Å². The summed E-state index contributed by atoms with van der Waals surface area (Å²) in [4.78, 5) is 32.0. The number of carbonyl (C=O) groups is 3. The zero-order valence-electron chi connectivity index (χ0n) is 8.54. The molecule has 0 radical (unpaired) electrons. The summed E-state index contributed by atoms with van der Waals surface area (Å²) in [6.07, 6.45) is -3.04. The van der Waals surface area contributed by atoms with Gasteiger partial charge in [0, 0.05) is 0 Å². The lowest BCUT2D eigenvalue weighted by Crippen LogP contribution is -2.43. The van der Waals surface area contributed by atoms with E-state index in [1.807, 2.05) is 0 Å². The van der Waals surface area contributed by atoms with E-state index in [-0.39, 0.29) is 0 Å². The molecule has 0 saturated heterocycles. The van der Waals surface area contributed by atoms with Crippen molar-refractivity contribution in [3.05, 3.63) is 0 Å². The molecule has 8 heteroatoms. The average Bonchev–Trinajstić information content (AvgIpc) is 1.98. The smallest absolute Gasteiger partial charge is 0.336 e. The van der Waals surface area contributed by atoms with Crippen LogP contribution in [0.15, 0.2) is 0 Å². The number of carboxylic acid groups (broad SMARTS) is 2. The number of aliphatic hydroxyl groups is 1. The van der Waals surface area contributed by atoms with Crippen LogP contribution in [-0.4, -0.2) is 45.1 Å². The number of carboxylic acids is 2. The fraction of sp³-hybridized carbons (Fsp3) is 0.625. The van der Waals surface area contributed by atoms with Crippen LogP contribution in [0.2, 0.25) is 0 Å². The van der Waals surface area contributed by atoms with Crippen LogP contribution in [0.4, 0.5) is 0 Å². The van der Waals surface area contributed by atoms with Crippen molar-refractivity contribution >= 4 is 17.9 Å². The monoisotopic (exact) mass is 235 g/mol. The Balaban J connectivity index is 4.62. The predicted octanol–water partition coefficient (Wildman–Crippen LogP) is -1.49. The standard InChI is InChI=1S/C8H13NO7/c1-4(9)16-6(12)3-8(15,7(13)14)2-5(10)11/h4,15H,2-3,9H2,1H3,(H,10,11)(H,13,14). The summed E-state index contributed by atoms with van der Waals surface area (Å²) in [6.45, 7) is 1.33. The molecule has 92 valence electrons. The number of ether oxygens (including phenoxy) is 1. The van der Waals surface area contributed by atoms with Gasteiger partial charge in [0.1, 0.15) is 6.23 Å². The zero-order valence-corrected chi connectivity index (χ0v) is 8.54. The molecule has 8 nitrogen and oxygen atoms in total. The van der Waals surface area contributed by atoms with E-state index < -0.39 is 42.6 Å². The van der Waals surface area contributed by atoms with E-state index in [9.17, 15) is 19.5 Å². The first kappa shape index (κ1) is 14.3. The molecule has 0 aliphatic heterocycles. The number of rotatable bonds is 6. The van der Waals surface area contributed by atoms with Gasteiger partial charge >= 0.3 is 17.9 Å². The maximum absolute atomic E-state index is 11.0. The van der Waals surface area contributed by atoms with Crippen molar-refractivity contribution in [1.82, 2.24) is 0 Å². The van der Waals surface area contributed by atoms with Crippen LogP contribution in [0.5, 0.6) is 0 Å². The molecule has 0 aliphatic carbocycles. The van der Waals surface area contributed by atoms with Crippen LogP contribution in [0.1, 0.15) is 19.8 Å². The molecule has 0 heterocycles. The Bertz CT molecular complexity index is 301. The van der Waals surface area contributed by atoms with Gasteiger partial charge < -0.3 is 20.1 Å². The minimum Gasteiger partial charge on any atom is -0.481 e. The van der Waals surface area contributed by atoms with Gasteiger partial charge in [-0.2, -0.15) is 0 Å². The number of aliphatic carboxylic acids is 2. The number of esters is 1. The summed E-state index contributed by atoms with van der Waals surface area (Å²) in [6, 6.07) is 0. The lowest BCUT2D eigenvalue weighted by Gasteiger charge is -2.20. The summed E-state index contributed by atoms with van der Waals surface area (Å²) in [5, 5.41) is 26.4.